The maximum atomic E-state index is 13.7. The first-order valence-electron chi connectivity index (χ1n) is 12.0. The summed E-state index contributed by atoms with van der Waals surface area (Å²) in [4.78, 5) is 58.1. The molecule has 3 aromatic rings. The fourth-order valence-electron chi connectivity index (χ4n) is 5.04. The van der Waals surface area contributed by atoms with Crippen molar-refractivity contribution in [3.05, 3.63) is 73.7 Å². The number of carbonyl (C=O) groups excluding carboxylic acids is 3. The maximum Gasteiger partial charge on any atom is 0.305 e. The molecular formula is C26H22ClN3O6S2. The van der Waals surface area contributed by atoms with Crippen molar-refractivity contribution >= 4 is 58.1 Å². The van der Waals surface area contributed by atoms with Crippen molar-refractivity contribution in [2.75, 3.05) is 37.8 Å². The van der Waals surface area contributed by atoms with E-state index < -0.39 is 17.1 Å². The summed E-state index contributed by atoms with van der Waals surface area (Å²) in [6, 6.07) is 13.7. The minimum Gasteiger partial charge on any atom is -0.484 e. The summed E-state index contributed by atoms with van der Waals surface area (Å²) in [6.45, 7) is 2.05. The Hall–Kier alpha value is -3.12. The molecule has 3 aliphatic rings. The maximum absolute atomic E-state index is 13.7. The molecule has 3 amide bonds. The van der Waals surface area contributed by atoms with Gasteiger partial charge in [0, 0.05) is 28.9 Å². The second kappa shape index (κ2) is 10.2. The van der Waals surface area contributed by atoms with Crippen LogP contribution < -0.4 is 14.5 Å². The molecule has 12 heteroatoms. The number of hydrogen-bond donors (Lipinski definition) is 1. The van der Waals surface area contributed by atoms with Gasteiger partial charge in [0.05, 0.1) is 29.8 Å². The van der Waals surface area contributed by atoms with Gasteiger partial charge in [0.25, 0.3) is 5.91 Å². The standard InChI is InChI=1S/C26H22ClN3O6S2/c27-15-3-5-16(6-4-15)30-24(32)20-19(21-23(28-26(34)38-21)37-22(20)25(30)33)14-1-7-17(8-2-14)36-13-18(31)29-9-11-35-12-10-29/h1-8,19-20,22H,9-13H2,(H,28,34)/t19-,20?,22?/m1/s1. The van der Waals surface area contributed by atoms with E-state index in [4.69, 9.17) is 21.1 Å². The van der Waals surface area contributed by atoms with Gasteiger partial charge in [-0.1, -0.05) is 46.8 Å². The Morgan fingerprint density at radius 1 is 1.03 bits per heavy atom. The number of nitrogens with one attached hydrogen (secondary N) is 1. The summed E-state index contributed by atoms with van der Waals surface area (Å²) in [5.74, 6) is -1.41. The molecule has 2 aromatic carbocycles. The molecule has 4 heterocycles. The van der Waals surface area contributed by atoms with Gasteiger partial charge in [0.15, 0.2) is 6.61 Å². The van der Waals surface area contributed by atoms with Crippen LogP contribution >= 0.6 is 34.7 Å². The highest BCUT2D eigenvalue weighted by atomic mass is 35.5. The number of aromatic amines is 1. The van der Waals surface area contributed by atoms with Gasteiger partial charge < -0.3 is 19.4 Å². The zero-order valence-corrected chi connectivity index (χ0v) is 22.3. The molecule has 0 spiro atoms. The van der Waals surface area contributed by atoms with Crippen LogP contribution in [-0.4, -0.2) is 65.8 Å². The van der Waals surface area contributed by atoms with Crippen LogP contribution in [0.25, 0.3) is 0 Å². The molecule has 3 aliphatic heterocycles. The Labute approximate surface area is 230 Å². The smallest absolute Gasteiger partial charge is 0.305 e. The van der Waals surface area contributed by atoms with Crippen molar-refractivity contribution in [3.63, 3.8) is 0 Å². The summed E-state index contributed by atoms with van der Waals surface area (Å²) in [7, 11) is 0. The molecule has 6 rings (SSSR count). The van der Waals surface area contributed by atoms with E-state index in [0.29, 0.717) is 47.8 Å². The van der Waals surface area contributed by atoms with E-state index in [1.165, 1.54) is 16.7 Å². The fraction of sp³-hybridized carbons (Fsp3) is 0.308. The third kappa shape index (κ3) is 4.53. The van der Waals surface area contributed by atoms with Crippen LogP contribution in [-0.2, 0) is 19.1 Å². The predicted octanol–water partition coefficient (Wildman–Crippen LogP) is 3.12. The number of H-pyrrole nitrogens is 1. The number of hydrogen-bond acceptors (Lipinski definition) is 8. The van der Waals surface area contributed by atoms with Gasteiger partial charge in [-0.3, -0.25) is 19.2 Å². The number of imide groups is 1. The van der Waals surface area contributed by atoms with Crippen LogP contribution in [0.2, 0.25) is 5.02 Å². The van der Waals surface area contributed by atoms with E-state index in [1.54, 1.807) is 41.3 Å². The van der Waals surface area contributed by atoms with E-state index in [2.05, 4.69) is 4.98 Å². The van der Waals surface area contributed by atoms with Gasteiger partial charge in [-0.15, -0.1) is 0 Å². The van der Waals surface area contributed by atoms with Gasteiger partial charge in [-0.05, 0) is 42.0 Å². The average molecular weight is 572 g/mol. The van der Waals surface area contributed by atoms with Crippen LogP contribution in [0.3, 0.4) is 0 Å². The zero-order chi connectivity index (χ0) is 26.4. The van der Waals surface area contributed by atoms with Gasteiger partial charge >= 0.3 is 4.87 Å². The number of halogens is 1. The minimum absolute atomic E-state index is 0.0866. The fourth-order valence-corrected chi connectivity index (χ4v) is 7.68. The molecule has 0 radical (unpaired) electrons. The molecule has 3 atom stereocenters. The number of morpholine rings is 1. The monoisotopic (exact) mass is 571 g/mol. The van der Waals surface area contributed by atoms with Gasteiger partial charge in [0.2, 0.25) is 11.8 Å². The first-order chi connectivity index (χ1) is 18.4. The summed E-state index contributed by atoms with van der Waals surface area (Å²) in [5, 5.41) is 0.441. The lowest BCUT2D eigenvalue weighted by atomic mass is 9.83. The highest BCUT2D eigenvalue weighted by Gasteiger charge is 2.56. The second-order valence-corrected chi connectivity index (χ2v) is 11.7. The lowest BCUT2D eigenvalue weighted by molar-refractivity contribution is -0.137. The van der Waals surface area contributed by atoms with Crippen molar-refractivity contribution in [2.45, 2.75) is 16.2 Å². The minimum atomic E-state index is -0.684. The van der Waals surface area contributed by atoms with Crippen molar-refractivity contribution in [2.24, 2.45) is 5.92 Å². The van der Waals surface area contributed by atoms with Crippen LogP contribution in [0, 0.1) is 5.92 Å². The molecule has 0 bridgehead atoms. The lowest BCUT2D eigenvalue weighted by Gasteiger charge is -2.30. The van der Waals surface area contributed by atoms with Crippen LogP contribution in [0.1, 0.15) is 16.4 Å². The van der Waals surface area contributed by atoms with E-state index >= 15 is 0 Å². The Balaban J connectivity index is 1.27. The topological polar surface area (TPSA) is 109 Å². The first kappa shape index (κ1) is 25.2. The molecule has 1 aromatic heterocycles. The van der Waals surface area contributed by atoms with Crippen LogP contribution in [0.5, 0.6) is 5.75 Å². The Bertz CT molecular complexity index is 1450. The van der Waals surface area contributed by atoms with Crippen molar-refractivity contribution < 1.29 is 23.9 Å². The number of amides is 3. The molecule has 0 saturated carbocycles. The highest BCUT2D eigenvalue weighted by Crippen LogP contribution is 2.53. The van der Waals surface area contributed by atoms with Crippen molar-refractivity contribution in [1.29, 1.82) is 0 Å². The highest BCUT2D eigenvalue weighted by molar-refractivity contribution is 8.00. The molecule has 196 valence electrons. The number of fused-ring (bicyclic) bond motifs is 2. The molecular weight excluding hydrogens is 550 g/mol. The summed E-state index contributed by atoms with van der Waals surface area (Å²) < 4.78 is 11.0. The zero-order valence-electron chi connectivity index (χ0n) is 19.9. The van der Waals surface area contributed by atoms with Crippen molar-refractivity contribution in [3.8, 4) is 5.75 Å². The number of rotatable bonds is 5. The van der Waals surface area contributed by atoms with Crippen molar-refractivity contribution in [1.82, 2.24) is 9.88 Å². The number of benzene rings is 2. The Morgan fingerprint density at radius 2 is 1.74 bits per heavy atom. The molecule has 2 fully saturated rings. The van der Waals surface area contributed by atoms with E-state index in [-0.39, 0.29) is 29.2 Å². The normalized spacial score (nSPS) is 22.8. The summed E-state index contributed by atoms with van der Waals surface area (Å²) >= 11 is 8.29. The third-order valence-corrected chi connectivity index (χ3v) is 9.53. The van der Waals surface area contributed by atoms with E-state index in [1.807, 2.05) is 12.1 Å². The van der Waals surface area contributed by atoms with Crippen LogP contribution in [0.4, 0.5) is 5.69 Å². The molecule has 2 saturated heterocycles. The Kier molecular flexibility index (Phi) is 6.77. The number of anilines is 1. The average Bonchev–Trinajstić information content (AvgIpc) is 3.43. The van der Waals surface area contributed by atoms with Crippen LogP contribution in [0.15, 0.2) is 58.4 Å². The number of carbonyl (C=O) groups is 3. The molecule has 38 heavy (non-hydrogen) atoms. The predicted molar refractivity (Wildman–Crippen MR) is 143 cm³/mol. The second-order valence-electron chi connectivity index (χ2n) is 9.09. The number of nitrogens with zero attached hydrogens (tertiary/aromatic N) is 2. The number of thiazole rings is 1. The number of aromatic nitrogens is 1. The SMILES string of the molecule is O=C(COc1ccc([C@H]2c3sc(=O)[nH]c3SC3C(=O)N(c4ccc(Cl)cc4)C(=O)C32)cc1)N1CCOCC1. The van der Waals surface area contributed by atoms with Gasteiger partial charge in [-0.25, -0.2) is 4.90 Å². The van der Waals surface area contributed by atoms with E-state index in [9.17, 15) is 19.2 Å². The largest absolute Gasteiger partial charge is 0.484 e. The third-order valence-electron chi connectivity index (χ3n) is 6.87. The summed E-state index contributed by atoms with van der Waals surface area (Å²) in [6.07, 6.45) is 0. The molecule has 1 N–H and O–H groups in total. The lowest BCUT2D eigenvalue weighted by Crippen LogP contribution is -2.42. The Morgan fingerprint density at radius 3 is 2.45 bits per heavy atom. The molecule has 0 aliphatic carbocycles. The number of ether oxygens (including phenoxy) is 2. The first-order valence-corrected chi connectivity index (χ1v) is 14.1. The number of thioether (sulfide) groups is 1. The van der Waals surface area contributed by atoms with Gasteiger partial charge in [0.1, 0.15) is 11.0 Å². The molecule has 2 unspecified atom stereocenters. The van der Waals surface area contributed by atoms with E-state index in [0.717, 1.165) is 21.8 Å². The quantitative estimate of drug-likeness (QED) is 0.469. The summed E-state index contributed by atoms with van der Waals surface area (Å²) in [5.41, 5.74) is 1.24. The van der Waals surface area contributed by atoms with Gasteiger partial charge in [-0.2, -0.15) is 0 Å². The molecule has 9 nitrogen and oxygen atoms in total.